The van der Waals surface area contributed by atoms with Crippen molar-refractivity contribution >= 4 is 17.5 Å². The van der Waals surface area contributed by atoms with E-state index in [4.69, 9.17) is 4.74 Å². The summed E-state index contributed by atoms with van der Waals surface area (Å²) in [5.41, 5.74) is 1.12. The Kier molecular flexibility index (Phi) is 4.92. The molecule has 2 amide bonds. The standard InChI is InChI=1S/C23H25F2N3O3/c1-2-14-9-18(26-13-14)21(29)27-7-5-23(6-8-27)22(30)28-19(3-4-20(28)31-23)15-10-16(24)12-17(25)11-15/h9-12,19-20H,2-8,13H2,1H3/t19-,20+/m0/s1. The molecule has 4 aliphatic heterocycles. The van der Waals surface area contributed by atoms with Gasteiger partial charge in [-0.25, -0.2) is 8.78 Å². The number of nitrogens with zero attached hydrogens (tertiary/aromatic N) is 3. The molecule has 0 unspecified atom stereocenters. The van der Waals surface area contributed by atoms with E-state index in [1.54, 1.807) is 9.80 Å². The molecule has 0 saturated carbocycles. The summed E-state index contributed by atoms with van der Waals surface area (Å²) in [6, 6.07) is 3.01. The number of aliphatic imine (C=N–C) groups is 1. The van der Waals surface area contributed by atoms with Crippen LogP contribution in [0.1, 0.15) is 50.6 Å². The number of carbonyl (C=O) groups is 2. The van der Waals surface area contributed by atoms with Gasteiger partial charge >= 0.3 is 0 Å². The van der Waals surface area contributed by atoms with Crippen LogP contribution in [0.2, 0.25) is 0 Å². The smallest absolute Gasteiger partial charge is 0.272 e. The first kappa shape index (κ1) is 20.3. The number of fused-ring (bicyclic) bond motifs is 1. The summed E-state index contributed by atoms with van der Waals surface area (Å²) in [7, 11) is 0. The Morgan fingerprint density at radius 2 is 1.90 bits per heavy atom. The fourth-order valence-corrected chi connectivity index (χ4v) is 5.19. The summed E-state index contributed by atoms with van der Waals surface area (Å²) >= 11 is 0. The minimum Gasteiger partial charge on any atom is -0.342 e. The van der Waals surface area contributed by atoms with Crippen LogP contribution in [-0.2, 0) is 14.3 Å². The zero-order chi connectivity index (χ0) is 21.8. The first-order valence-corrected chi connectivity index (χ1v) is 10.9. The lowest BCUT2D eigenvalue weighted by Gasteiger charge is -2.37. The van der Waals surface area contributed by atoms with Crippen LogP contribution < -0.4 is 0 Å². The zero-order valence-corrected chi connectivity index (χ0v) is 17.4. The number of likely N-dealkylation sites (tertiary alicyclic amines) is 1. The number of halogens is 2. The van der Waals surface area contributed by atoms with Crippen molar-refractivity contribution in [3.63, 3.8) is 0 Å². The van der Waals surface area contributed by atoms with Gasteiger partial charge in [-0.3, -0.25) is 14.6 Å². The van der Waals surface area contributed by atoms with Crippen LogP contribution in [0, 0.1) is 11.6 Å². The fourth-order valence-electron chi connectivity index (χ4n) is 5.19. The van der Waals surface area contributed by atoms with Crippen molar-refractivity contribution in [1.29, 1.82) is 0 Å². The first-order chi connectivity index (χ1) is 14.9. The van der Waals surface area contributed by atoms with Crippen molar-refractivity contribution in [2.24, 2.45) is 4.99 Å². The highest BCUT2D eigenvalue weighted by Gasteiger charge is 2.58. The third kappa shape index (κ3) is 3.37. The Bertz CT molecular complexity index is 978. The van der Waals surface area contributed by atoms with Crippen molar-refractivity contribution in [1.82, 2.24) is 9.80 Å². The Morgan fingerprint density at radius 3 is 2.55 bits per heavy atom. The average molecular weight is 429 g/mol. The molecular weight excluding hydrogens is 404 g/mol. The topological polar surface area (TPSA) is 62.2 Å². The maximum atomic E-state index is 13.7. The summed E-state index contributed by atoms with van der Waals surface area (Å²) in [6.45, 7) is 3.45. The van der Waals surface area contributed by atoms with Crippen LogP contribution in [0.4, 0.5) is 8.78 Å². The van der Waals surface area contributed by atoms with Crippen LogP contribution in [0.15, 0.2) is 34.8 Å². The third-order valence-corrected chi connectivity index (χ3v) is 6.91. The van der Waals surface area contributed by atoms with Crippen molar-refractivity contribution < 1.29 is 23.1 Å². The highest BCUT2D eigenvalue weighted by Crippen LogP contribution is 2.47. The largest absolute Gasteiger partial charge is 0.342 e. The molecule has 0 N–H and O–H groups in total. The zero-order valence-electron chi connectivity index (χ0n) is 17.4. The molecule has 0 aromatic heterocycles. The molecule has 1 aromatic rings. The van der Waals surface area contributed by atoms with E-state index in [0.717, 1.165) is 18.1 Å². The Labute approximate surface area is 179 Å². The summed E-state index contributed by atoms with van der Waals surface area (Å²) in [6.07, 6.45) is 4.40. The van der Waals surface area contributed by atoms with Crippen molar-refractivity contribution in [2.45, 2.75) is 56.9 Å². The van der Waals surface area contributed by atoms with Gasteiger partial charge in [-0.1, -0.05) is 6.92 Å². The number of carbonyl (C=O) groups excluding carboxylic acids is 2. The Balaban J connectivity index is 1.29. The van der Waals surface area contributed by atoms with Crippen LogP contribution in [-0.4, -0.2) is 58.8 Å². The molecule has 4 heterocycles. The fraction of sp³-hybridized carbons (Fsp3) is 0.522. The van der Waals surface area contributed by atoms with Crippen molar-refractivity contribution in [3.8, 4) is 0 Å². The lowest BCUT2D eigenvalue weighted by Crippen LogP contribution is -2.52. The number of rotatable bonds is 3. The highest BCUT2D eigenvalue weighted by atomic mass is 19.1. The Morgan fingerprint density at radius 1 is 1.19 bits per heavy atom. The van der Waals surface area contributed by atoms with E-state index < -0.39 is 23.3 Å². The second-order valence-electron chi connectivity index (χ2n) is 8.72. The molecule has 3 fully saturated rings. The monoisotopic (exact) mass is 429 g/mol. The van der Waals surface area contributed by atoms with Gasteiger partial charge in [-0.15, -0.1) is 0 Å². The van der Waals surface area contributed by atoms with Gasteiger partial charge in [0.15, 0.2) is 5.60 Å². The van der Waals surface area contributed by atoms with E-state index in [9.17, 15) is 18.4 Å². The lowest BCUT2D eigenvalue weighted by atomic mass is 9.89. The summed E-state index contributed by atoms with van der Waals surface area (Å²) in [5.74, 6) is -1.54. The molecule has 6 nitrogen and oxygen atoms in total. The van der Waals surface area contributed by atoms with Crippen molar-refractivity contribution in [3.05, 3.63) is 47.0 Å². The molecule has 5 rings (SSSR count). The molecule has 164 valence electrons. The number of hydrogen-bond donors (Lipinski definition) is 0. The van der Waals surface area contributed by atoms with Gasteiger partial charge in [0.1, 0.15) is 23.6 Å². The number of benzene rings is 1. The number of piperidine rings is 1. The normalized spacial score (nSPS) is 27.0. The van der Waals surface area contributed by atoms with Crippen LogP contribution in [0.3, 0.4) is 0 Å². The molecule has 1 aromatic carbocycles. The van der Waals surface area contributed by atoms with Gasteiger partial charge in [0.05, 0.1) is 12.6 Å². The van der Waals surface area contributed by atoms with Gasteiger partial charge < -0.3 is 14.5 Å². The van der Waals surface area contributed by atoms with E-state index in [1.165, 1.54) is 12.1 Å². The minimum absolute atomic E-state index is 0.0997. The van der Waals surface area contributed by atoms with E-state index in [-0.39, 0.29) is 18.0 Å². The molecule has 31 heavy (non-hydrogen) atoms. The quantitative estimate of drug-likeness (QED) is 0.742. The summed E-state index contributed by atoms with van der Waals surface area (Å²) < 4.78 is 33.7. The van der Waals surface area contributed by atoms with Gasteiger partial charge in [-0.2, -0.15) is 0 Å². The molecule has 0 bridgehead atoms. The summed E-state index contributed by atoms with van der Waals surface area (Å²) in [5, 5.41) is 0. The van der Waals surface area contributed by atoms with Crippen molar-refractivity contribution in [2.75, 3.05) is 19.6 Å². The number of ether oxygens (including phenoxy) is 1. The second kappa shape index (κ2) is 7.51. The number of amides is 2. The van der Waals surface area contributed by atoms with Crippen LogP contribution in [0.5, 0.6) is 0 Å². The predicted octanol–water partition coefficient (Wildman–Crippen LogP) is 3.14. The molecular formula is C23H25F2N3O3. The average Bonchev–Trinajstić information content (AvgIpc) is 3.44. The molecule has 1 spiro atoms. The van der Waals surface area contributed by atoms with E-state index >= 15 is 0 Å². The SMILES string of the molecule is CCC1=CC(C(=O)N2CCC3(CC2)O[C@@H]2CC[C@@H](c4cc(F)cc(F)c4)N2C3=O)=NC1. The highest BCUT2D eigenvalue weighted by molar-refractivity contribution is 6.44. The molecule has 3 saturated heterocycles. The van der Waals surface area contributed by atoms with Gasteiger partial charge in [0, 0.05) is 32.0 Å². The predicted molar refractivity (Wildman–Crippen MR) is 109 cm³/mol. The maximum Gasteiger partial charge on any atom is 0.272 e. The molecule has 2 atom stereocenters. The van der Waals surface area contributed by atoms with Crippen LogP contribution in [0.25, 0.3) is 0 Å². The van der Waals surface area contributed by atoms with E-state index in [0.29, 0.717) is 56.6 Å². The van der Waals surface area contributed by atoms with Gasteiger partial charge in [0.25, 0.3) is 11.8 Å². The minimum atomic E-state index is -0.964. The van der Waals surface area contributed by atoms with E-state index in [2.05, 4.69) is 4.99 Å². The summed E-state index contributed by atoms with van der Waals surface area (Å²) in [4.78, 5) is 33.9. The molecule has 0 aliphatic carbocycles. The Hall–Kier alpha value is -2.61. The van der Waals surface area contributed by atoms with Gasteiger partial charge in [0.2, 0.25) is 0 Å². The number of hydrogen-bond acceptors (Lipinski definition) is 4. The van der Waals surface area contributed by atoms with Crippen LogP contribution >= 0.6 is 0 Å². The molecule has 8 heteroatoms. The maximum absolute atomic E-state index is 13.7. The lowest BCUT2D eigenvalue weighted by molar-refractivity contribution is -0.146. The van der Waals surface area contributed by atoms with E-state index in [1.807, 2.05) is 13.0 Å². The van der Waals surface area contributed by atoms with Gasteiger partial charge in [-0.05, 0) is 48.6 Å². The molecule has 4 aliphatic rings. The first-order valence-electron chi connectivity index (χ1n) is 10.9. The third-order valence-electron chi connectivity index (χ3n) is 6.91. The molecule has 0 radical (unpaired) electrons. The second-order valence-corrected chi connectivity index (χ2v) is 8.72.